The summed E-state index contributed by atoms with van der Waals surface area (Å²) in [6.07, 6.45) is 17.2. The second-order valence-corrected chi connectivity index (χ2v) is 7.04. The highest BCUT2D eigenvalue weighted by Gasteiger charge is 2.31. The average Bonchev–Trinajstić information content (AvgIpc) is 2.90. The van der Waals surface area contributed by atoms with E-state index in [1.54, 1.807) is 0 Å². The molecule has 138 valence electrons. The zero-order valence-corrected chi connectivity index (χ0v) is 15.0. The number of nitrogens with two attached hydrogens (primary N) is 1. The topological polar surface area (TPSA) is 80.4 Å². The van der Waals surface area contributed by atoms with Crippen molar-refractivity contribution < 1.29 is 14.7 Å². The molecule has 4 nitrogen and oxygen atoms in total. The summed E-state index contributed by atoms with van der Waals surface area (Å²) in [6.45, 7) is 0.790. The molecule has 1 saturated carbocycles. The highest BCUT2D eigenvalue weighted by molar-refractivity contribution is 5.83. The number of ketones is 1. The molecule has 3 N–H and O–H groups in total. The Morgan fingerprint density at radius 1 is 1.08 bits per heavy atom. The number of hydrogen-bond acceptors (Lipinski definition) is 3. The van der Waals surface area contributed by atoms with Gasteiger partial charge in [0.1, 0.15) is 5.78 Å². The van der Waals surface area contributed by atoms with Crippen molar-refractivity contribution in [2.45, 2.75) is 83.5 Å². The van der Waals surface area contributed by atoms with Gasteiger partial charge in [0.15, 0.2) is 0 Å². The third-order valence-electron chi connectivity index (χ3n) is 5.02. The number of rotatable bonds is 14. The van der Waals surface area contributed by atoms with Crippen LogP contribution < -0.4 is 5.73 Å². The largest absolute Gasteiger partial charge is 0.481 e. The van der Waals surface area contributed by atoms with E-state index in [9.17, 15) is 9.59 Å². The van der Waals surface area contributed by atoms with Crippen LogP contribution in [0.2, 0.25) is 0 Å². The SMILES string of the molecule is NCCCCCCC=C[C@H]1CCC(=O)[C@@H]1CCCCCCC(=O)O. The van der Waals surface area contributed by atoms with Crippen LogP contribution in [0, 0.1) is 11.8 Å². The lowest BCUT2D eigenvalue weighted by molar-refractivity contribution is -0.137. The highest BCUT2D eigenvalue weighted by Crippen LogP contribution is 2.34. The predicted octanol–water partition coefficient (Wildman–Crippen LogP) is 4.47. The van der Waals surface area contributed by atoms with Crippen LogP contribution in [-0.4, -0.2) is 23.4 Å². The first-order valence-corrected chi connectivity index (χ1v) is 9.76. The van der Waals surface area contributed by atoms with Crippen LogP contribution in [0.15, 0.2) is 12.2 Å². The molecular formula is C20H35NO3. The molecule has 0 aliphatic heterocycles. The monoisotopic (exact) mass is 337 g/mol. The number of Topliss-reactive ketones (excluding diaryl/α,β-unsaturated/α-hetero) is 1. The molecule has 0 heterocycles. The normalized spacial score (nSPS) is 21.0. The van der Waals surface area contributed by atoms with Crippen LogP contribution in [0.25, 0.3) is 0 Å². The number of carboxylic acids is 1. The molecule has 1 rings (SSSR count). The standard InChI is InChI=1S/C20H35NO3/c21-16-10-6-2-1-3-7-11-17-14-15-19(22)18(17)12-8-4-5-9-13-20(23)24/h7,11,17-18H,1-6,8-10,12-16,21H2,(H,23,24)/t17-,18+/m0/s1. The van der Waals surface area contributed by atoms with Crippen LogP contribution in [0.1, 0.15) is 83.5 Å². The van der Waals surface area contributed by atoms with Crippen molar-refractivity contribution in [1.82, 2.24) is 0 Å². The molecule has 2 atom stereocenters. The van der Waals surface area contributed by atoms with Crippen LogP contribution >= 0.6 is 0 Å². The van der Waals surface area contributed by atoms with Gasteiger partial charge in [-0.2, -0.15) is 0 Å². The lowest BCUT2D eigenvalue weighted by Gasteiger charge is -2.14. The van der Waals surface area contributed by atoms with Crippen molar-refractivity contribution in [2.24, 2.45) is 17.6 Å². The minimum Gasteiger partial charge on any atom is -0.481 e. The fraction of sp³-hybridized carbons (Fsp3) is 0.800. The van der Waals surface area contributed by atoms with E-state index in [0.717, 1.165) is 64.3 Å². The molecule has 1 fully saturated rings. The quantitative estimate of drug-likeness (QED) is 0.362. The first-order valence-electron chi connectivity index (χ1n) is 9.76. The smallest absolute Gasteiger partial charge is 0.303 e. The van der Waals surface area contributed by atoms with Gasteiger partial charge >= 0.3 is 5.97 Å². The van der Waals surface area contributed by atoms with E-state index in [2.05, 4.69) is 12.2 Å². The fourth-order valence-electron chi connectivity index (χ4n) is 3.56. The van der Waals surface area contributed by atoms with E-state index in [1.165, 1.54) is 19.3 Å². The van der Waals surface area contributed by atoms with Gasteiger partial charge in [0.25, 0.3) is 0 Å². The Labute approximate surface area is 146 Å². The Morgan fingerprint density at radius 3 is 2.54 bits per heavy atom. The van der Waals surface area contributed by atoms with Crippen LogP contribution in [0.3, 0.4) is 0 Å². The third-order valence-corrected chi connectivity index (χ3v) is 5.02. The first-order chi connectivity index (χ1) is 11.6. The maximum absolute atomic E-state index is 12.1. The molecule has 0 bridgehead atoms. The van der Waals surface area contributed by atoms with E-state index in [0.29, 0.717) is 11.7 Å². The Kier molecular flexibility index (Phi) is 11.5. The minimum absolute atomic E-state index is 0.206. The van der Waals surface area contributed by atoms with E-state index in [1.807, 2.05) is 0 Å². The van der Waals surface area contributed by atoms with Crippen LogP contribution in [0.4, 0.5) is 0 Å². The summed E-state index contributed by atoms with van der Waals surface area (Å²) in [4.78, 5) is 22.5. The van der Waals surface area contributed by atoms with Crippen molar-refractivity contribution in [3.8, 4) is 0 Å². The summed E-state index contributed by atoms with van der Waals surface area (Å²) in [5.41, 5.74) is 5.49. The number of carboxylic acid groups (broad SMARTS) is 1. The summed E-state index contributed by atoms with van der Waals surface area (Å²) < 4.78 is 0. The zero-order valence-electron chi connectivity index (χ0n) is 15.0. The summed E-state index contributed by atoms with van der Waals surface area (Å²) in [5, 5.41) is 8.62. The molecule has 0 amide bonds. The van der Waals surface area contributed by atoms with Gasteiger partial charge in [0, 0.05) is 18.8 Å². The fourth-order valence-corrected chi connectivity index (χ4v) is 3.56. The highest BCUT2D eigenvalue weighted by atomic mass is 16.4. The molecule has 0 aromatic heterocycles. The molecule has 1 aliphatic carbocycles. The second-order valence-electron chi connectivity index (χ2n) is 7.04. The van der Waals surface area contributed by atoms with E-state index >= 15 is 0 Å². The van der Waals surface area contributed by atoms with Crippen molar-refractivity contribution in [1.29, 1.82) is 0 Å². The van der Waals surface area contributed by atoms with Gasteiger partial charge in [-0.1, -0.05) is 44.3 Å². The molecule has 0 spiro atoms. The summed E-state index contributed by atoms with van der Waals surface area (Å²) in [7, 11) is 0. The summed E-state index contributed by atoms with van der Waals surface area (Å²) >= 11 is 0. The maximum atomic E-state index is 12.1. The zero-order chi connectivity index (χ0) is 17.6. The average molecular weight is 338 g/mol. The number of aliphatic carboxylic acids is 1. The molecule has 0 saturated heterocycles. The van der Waals surface area contributed by atoms with E-state index in [4.69, 9.17) is 10.8 Å². The minimum atomic E-state index is -0.714. The molecule has 0 aromatic rings. The number of carbonyl (C=O) groups excluding carboxylic acids is 1. The predicted molar refractivity (Wildman–Crippen MR) is 97.8 cm³/mol. The van der Waals surface area contributed by atoms with E-state index < -0.39 is 5.97 Å². The van der Waals surface area contributed by atoms with Gasteiger partial charge < -0.3 is 10.8 Å². The number of unbranched alkanes of at least 4 members (excludes halogenated alkanes) is 7. The van der Waals surface area contributed by atoms with Gasteiger partial charge in [-0.25, -0.2) is 0 Å². The van der Waals surface area contributed by atoms with Gasteiger partial charge in [0.2, 0.25) is 0 Å². The van der Waals surface area contributed by atoms with Gasteiger partial charge in [-0.05, 0) is 51.0 Å². The molecule has 0 aromatic carbocycles. The molecule has 0 unspecified atom stereocenters. The third kappa shape index (κ3) is 9.21. The molecule has 1 aliphatic rings. The maximum Gasteiger partial charge on any atom is 0.303 e. The van der Waals surface area contributed by atoms with Crippen molar-refractivity contribution in [2.75, 3.05) is 6.54 Å². The van der Waals surface area contributed by atoms with Crippen molar-refractivity contribution in [3.05, 3.63) is 12.2 Å². The lowest BCUT2D eigenvalue weighted by Crippen LogP contribution is -2.13. The van der Waals surface area contributed by atoms with Gasteiger partial charge in [-0.15, -0.1) is 0 Å². The molecule has 4 heteroatoms. The first kappa shape index (κ1) is 20.9. The Bertz CT molecular complexity index is 392. The number of allylic oxidation sites excluding steroid dienone is 2. The summed E-state index contributed by atoms with van der Waals surface area (Å²) in [6, 6.07) is 0. The Balaban J connectivity index is 2.17. The number of hydrogen-bond donors (Lipinski definition) is 2. The van der Waals surface area contributed by atoms with E-state index in [-0.39, 0.29) is 12.3 Å². The molecule has 0 radical (unpaired) electrons. The lowest BCUT2D eigenvalue weighted by atomic mass is 9.89. The van der Waals surface area contributed by atoms with Crippen LogP contribution in [-0.2, 0) is 9.59 Å². The van der Waals surface area contributed by atoms with Crippen molar-refractivity contribution in [3.63, 3.8) is 0 Å². The Morgan fingerprint density at radius 2 is 1.79 bits per heavy atom. The van der Waals surface area contributed by atoms with Crippen molar-refractivity contribution >= 4 is 11.8 Å². The van der Waals surface area contributed by atoms with Crippen LogP contribution in [0.5, 0.6) is 0 Å². The van der Waals surface area contributed by atoms with Gasteiger partial charge in [-0.3, -0.25) is 9.59 Å². The number of carbonyl (C=O) groups is 2. The second kappa shape index (κ2) is 13.2. The molecular weight excluding hydrogens is 302 g/mol. The molecule has 24 heavy (non-hydrogen) atoms. The summed E-state index contributed by atoms with van der Waals surface area (Å²) in [5.74, 6) is 0.353. The Hall–Kier alpha value is -1.16. The van der Waals surface area contributed by atoms with Gasteiger partial charge in [0.05, 0.1) is 0 Å².